The lowest BCUT2D eigenvalue weighted by Gasteiger charge is -2.43. The molecular formula is C28H23F2N3O9. The van der Waals surface area contributed by atoms with Crippen LogP contribution in [0, 0.1) is 11.6 Å². The van der Waals surface area contributed by atoms with Crippen LogP contribution in [0.2, 0.25) is 0 Å². The van der Waals surface area contributed by atoms with E-state index in [4.69, 9.17) is 14.2 Å². The summed E-state index contributed by atoms with van der Waals surface area (Å²) in [5.41, 5.74) is -1.73. The Morgan fingerprint density at radius 1 is 1.07 bits per heavy atom. The molecule has 1 amide bonds. The van der Waals surface area contributed by atoms with E-state index in [-0.39, 0.29) is 11.1 Å². The summed E-state index contributed by atoms with van der Waals surface area (Å²) in [6.07, 6.45) is 1.62. The number of esters is 1. The number of amides is 1. The number of ketones is 2. The van der Waals surface area contributed by atoms with Crippen LogP contribution in [0.15, 0.2) is 41.9 Å². The van der Waals surface area contributed by atoms with Crippen LogP contribution in [-0.4, -0.2) is 95.6 Å². The molecule has 0 radical (unpaired) electrons. The van der Waals surface area contributed by atoms with Crippen LogP contribution in [0.25, 0.3) is 11.1 Å². The number of aromatic nitrogens is 1. The molecule has 3 aliphatic heterocycles. The lowest BCUT2D eigenvalue weighted by molar-refractivity contribution is -0.173. The second-order valence-corrected chi connectivity index (χ2v) is 10.2. The van der Waals surface area contributed by atoms with Gasteiger partial charge in [-0.3, -0.25) is 24.3 Å². The molecule has 218 valence electrons. The Hall–Kier alpha value is -4.56. The summed E-state index contributed by atoms with van der Waals surface area (Å²) < 4.78 is 47.2. The van der Waals surface area contributed by atoms with E-state index >= 15 is 8.78 Å². The van der Waals surface area contributed by atoms with E-state index < -0.39 is 100 Å². The highest BCUT2D eigenvalue weighted by atomic mass is 19.1. The number of rotatable bonds is 8. The lowest BCUT2D eigenvalue weighted by Crippen LogP contribution is -2.66. The van der Waals surface area contributed by atoms with Crippen LogP contribution in [0.5, 0.6) is 0 Å². The van der Waals surface area contributed by atoms with E-state index in [0.717, 1.165) is 15.9 Å². The Kier molecular flexibility index (Phi) is 6.61. The number of halogens is 2. The number of hydrogen-bond acceptors (Lipinski definition) is 10. The van der Waals surface area contributed by atoms with Crippen molar-refractivity contribution in [1.29, 1.82) is 0 Å². The molecule has 4 atom stereocenters. The van der Waals surface area contributed by atoms with Gasteiger partial charge in [-0.05, 0) is 36.6 Å². The van der Waals surface area contributed by atoms with Crippen LogP contribution in [0.3, 0.4) is 0 Å². The number of benzene rings is 1. The average molecular weight is 584 g/mol. The summed E-state index contributed by atoms with van der Waals surface area (Å²) in [6, 6.07) is 0.309. The molecule has 0 spiro atoms. The van der Waals surface area contributed by atoms with Gasteiger partial charge in [-0.1, -0.05) is 0 Å². The fourth-order valence-electron chi connectivity index (χ4n) is 5.97. The van der Waals surface area contributed by atoms with Gasteiger partial charge < -0.3 is 24.2 Å². The minimum absolute atomic E-state index is 0.0579. The average Bonchev–Trinajstić information content (AvgIpc) is 3.76. The molecule has 4 aliphatic rings. The summed E-state index contributed by atoms with van der Waals surface area (Å²) in [5.74, 6) is -8.02. The number of aliphatic carboxylic acids is 1. The number of carbonyl (C=O) groups is 5. The zero-order valence-corrected chi connectivity index (χ0v) is 22.2. The summed E-state index contributed by atoms with van der Waals surface area (Å²) >= 11 is 0. The van der Waals surface area contributed by atoms with Crippen molar-refractivity contribution in [2.75, 3.05) is 25.7 Å². The molecule has 42 heavy (non-hydrogen) atoms. The number of hydrogen-bond donors (Lipinski definition) is 1. The van der Waals surface area contributed by atoms with Crippen molar-refractivity contribution in [3.05, 3.63) is 59.1 Å². The van der Waals surface area contributed by atoms with Gasteiger partial charge in [0.25, 0.3) is 5.91 Å². The maximum absolute atomic E-state index is 16.1. The quantitative estimate of drug-likeness (QED) is 0.207. The molecule has 0 bridgehead atoms. The first-order chi connectivity index (χ1) is 20.1. The van der Waals surface area contributed by atoms with Crippen LogP contribution < -0.4 is 4.90 Å². The van der Waals surface area contributed by atoms with Crippen molar-refractivity contribution in [2.45, 2.75) is 43.2 Å². The Morgan fingerprint density at radius 3 is 2.33 bits per heavy atom. The second kappa shape index (κ2) is 10.1. The van der Waals surface area contributed by atoms with Crippen molar-refractivity contribution in [1.82, 2.24) is 9.88 Å². The first-order valence-electron chi connectivity index (χ1n) is 12.9. The highest BCUT2D eigenvalue weighted by Crippen LogP contribution is 2.45. The number of ether oxygens (including phenoxy) is 3. The third kappa shape index (κ3) is 3.93. The van der Waals surface area contributed by atoms with Crippen molar-refractivity contribution in [2.24, 2.45) is 0 Å². The Labute approximate surface area is 236 Å². The van der Waals surface area contributed by atoms with E-state index in [2.05, 4.69) is 4.98 Å². The first kappa shape index (κ1) is 27.6. The van der Waals surface area contributed by atoms with Crippen LogP contribution >= 0.6 is 0 Å². The van der Waals surface area contributed by atoms with Gasteiger partial charge in [0, 0.05) is 38.2 Å². The van der Waals surface area contributed by atoms with Crippen molar-refractivity contribution in [3.8, 4) is 11.1 Å². The van der Waals surface area contributed by atoms with Crippen LogP contribution in [0.1, 0.15) is 23.2 Å². The zero-order valence-electron chi connectivity index (χ0n) is 22.2. The van der Waals surface area contributed by atoms with Crippen LogP contribution in [-0.2, 0) is 33.4 Å². The lowest BCUT2D eigenvalue weighted by atomic mass is 9.89. The Morgan fingerprint density at radius 2 is 1.74 bits per heavy atom. The van der Waals surface area contributed by atoms with E-state index in [0.29, 0.717) is 12.8 Å². The van der Waals surface area contributed by atoms with Gasteiger partial charge in [0.1, 0.15) is 30.3 Å². The highest BCUT2D eigenvalue weighted by molar-refractivity contribution is 6.51. The van der Waals surface area contributed by atoms with Gasteiger partial charge in [-0.15, -0.1) is 0 Å². The van der Waals surface area contributed by atoms with Gasteiger partial charge in [0.15, 0.2) is 18.0 Å². The molecule has 2 fully saturated rings. The number of anilines is 1. The number of methoxy groups -OCH3 is 2. The standard InChI is InChI=1S/C28H23F2N3O9/c1-40-24-14(19(27(37)38)33-21(24)25(41-2)26(33)36)10-42-28(39)20-23(35)22(34)13-9-15(29)16(11-5-7-31-8-6-11)17(30)18(13)32(20)12-3-4-12/h5-9,12,20-21,24-25H,3-4,10H2,1-2H3,(H,37,38)/t20?,21-,24+,25-/m1/s1. The SMILES string of the molecule is CO[C@H]1C(=O)N2C(C(=O)O)=C(COC(=O)C3C(=O)C(=O)c4cc(F)c(-c5ccncc5)c(F)c4N3C3CC3)[C@H](OC)[C@H]12. The number of carboxylic acids is 1. The first-order valence-corrected chi connectivity index (χ1v) is 12.9. The third-order valence-corrected chi connectivity index (χ3v) is 7.95. The second-order valence-electron chi connectivity index (χ2n) is 10.2. The summed E-state index contributed by atoms with van der Waals surface area (Å²) in [5, 5.41) is 9.82. The number of pyridine rings is 1. The van der Waals surface area contributed by atoms with E-state index in [1.54, 1.807) is 0 Å². The molecule has 2 aromatic rings. The van der Waals surface area contributed by atoms with Gasteiger partial charge in [-0.25, -0.2) is 18.4 Å². The predicted octanol–water partition coefficient (Wildman–Crippen LogP) is 1.27. The topological polar surface area (TPSA) is 153 Å². The maximum Gasteiger partial charge on any atom is 0.352 e. The highest BCUT2D eigenvalue weighted by Gasteiger charge is 2.61. The van der Waals surface area contributed by atoms with Crippen molar-refractivity contribution in [3.63, 3.8) is 0 Å². The smallest absolute Gasteiger partial charge is 0.352 e. The number of carbonyl (C=O) groups excluding carboxylic acids is 4. The molecule has 1 aliphatic carbocycles. The summed E-state index contributed by atoms with van der Waals surface area (Å²) in [6.45, 7) is -0.701. The van der Waals surface area contributed by atoms with E-state index in [1.807, 2.05) is 0 Å². The number of nitrogens with zero attached hydrogens (tertiary/aromatic N) is 3. The minimum atomic E-state index is -1.90. The molecule has 1 N–H and O–H groups in total. The number of Topliss-reactive ketones (excluding diaryl/α,β-unsaturated/α-hetero) is 2. The van der Waals surface area contributed by atoms with Gasteiger partial charge in [0.2, 0.25) is 11.6 Å². The molecule has 1 saturated carbocycles. The Bertz CT molecular complexity index is 1590. The Balaban J connectivity index is 1.36. The number of β-lactam (4-membered cyclic amide) rings is 1. The number of carboxylic acid groups (broad SMARTS) is 1. The summed E-state index contributed by atoms with van der Waals surface area (Å²) in [7, 11) is 2.56. The molecular weight excluding hydrogens is 560 g/mol. The maximum atomic E-state index is 16.1. The van der Waals surface area contributed by atoms with Crippen LogP contribution in [0.4, 0.5) is 14.5 Å². The minimum Gasteiger partial charge on any atom is -0.477 e. The van der Waals surface area contributed by atoms with Crippen molar-refractivity contribution >= 4 is 35.1 Å². The normalized spacial score (nSPS) is 24.9. The van der Waals surface area contributed by atoms with Gasteiger partial charge in [-0.2, -0.15) is 0 Å². The largest absolute Gasteiger partial charge is 0.477 e. The fraction of sp³-hybridized carbons (Fsp3) is 0.357. The number of fused-ring (bicyclic) bond motifs is 2. The molecule has 14 heteroatoms. The molecule has 1 saturated heterocycles. The molecule has 1 aromatic heterocycles. The van der Waals surface area contributed by atoms with Crippen molar-refractivity contribution < 1.29 is 52.1 Å². The van der Waals surface area contributed by atoms with Gasteiger partial charge in [0.05, 0.1) is 16.8 Å². The van der Waals surface area contributed by atoms with E-state index in [9.17, 15) is 29.1 Å². The third-order valence-electron chi connectivity index (χ3n) is 7.95. The van der Waals surface area contributed by atoms with Gasteiger partial charge >= 0.3 is 11.9 Å². The molecule has 1 aromatic carbocycles. The predicted molar refractivity (Wildman–Crippen MR) is 136 cm³/mol. The molecule has 12 nitrogen and oxygen atoms in total. The van der Waals surface area contributed by atoms with E-state index in [1.165, 1.54) is 38.7 Å². The fourth-order valence-corrected chi connectivity index (χ4v) is 5.97. The molecule has 1 unspecified atom stereocenters. The zero-order chi connectivity index (χ0) is 30.0. The summed E-state index contributed by atoms with van der Waals surface area (Å²) in [4.78, 5) is 70.3. The monoisotopic (exact) mass is 583 g/mol. The molecule has 4 heterocycles. The molecule has 6 rings (SSSR count).